The van der Waals surface area contributed by atoms with Gasteiger partial charge in [-0.2, -0.15) is 0 Å². The quantitative estimate of drug-likeness (QED) is 0.608. The van der Waals surface area contributed by atoms with E-state index in [2.05, 4.69) is 16.1 Å². The molecule has 0 aromatic heterocycles. The Hall–Kier alpha value is -1.05. The highest BCUT2D eigenvalue weighted by Crippen LogP contribution is 2.15. The SMILES string of the molecule is C#CCN1CCCC(C(=O)NCCN)C1. The molecule has 4 nitrogen and oxygen atoms in total. The Kier molecular flexibility index (Phi) is 5.16. The monoisotopic (exact) mass is 209 g/mol. The van der Waals surface area contributed by atoms with Crippen molar-refractivity contribution in [3.8, 4) is 12.3 Å². The maximum Gasteiger partial charge on any atom is 0.224 e. The Labute approximate surface area is 91.2 Å². The number of nitrogens with one attached hydrogen (secondary N) is 1. The zero-order valence-electron chi connectivity index (χ0n) is 9.04. The van der Waals surface area contributed by atoms with Crippen molar-refractivity contribution in [2.75, 3.05) is 32.7 Å². The summed E-state index contributed by atoms with van der Waals surface area (Å²) >= 11 is 0. The van der Waals surface area contributed by atoms with Gasteiger partial charge in [-0.1, -0.05) is 5.92 Å². The van der Waals surface area contributed by atoms with Crippen molar-refractivity contribution < 1.29 is 4.79 Å². The second-order valence-corrected chi connectivity index (χ2v) is 3.86. The molecule has 1 rings (SSSR count). The molecule has 1 unspecified atom stereocenters. The Balaban J connectivity index is 2.35. The smallest absolute Gasteiger partial charge is 0.224 e. The third-order valence-corrected chi connectivity index (χ3v) is 2.63. The average molecular weight is 209 g/mol. The van der Waals surface area contributed by atoms with Crippen LogP contribution in [0.2, 0.25) is 0 Å². The van der Waals surface area contributed by atoms with Gasteiger partial charge in [-0.3, -0.25) is 9.69 Å². The number of likely N-dealkylation sites (tertiary alicyclic amines) is 1. The summed E-state index contributed by atoms with van der Waals surface area (Å²) in [6, 6.07) is 0. The van der Waals surface area contributed by atoms with Crippen LogP contribution in [0.5, 0.6) is 0 Å². The number of carbonyl (C=O) groups is 1. The molecule has 84 valence electrons. The molecule has 1 saturated heterocycles. The van der Waals surface area contributed by atoms with Gasteiger partial charge in [-0.25, -0.2) is 0 Å². The van der Waals surface area contributed by atoms with Gasteiger partial charge < -0.3 is 11.1 Å². The molecule has 1 atom stereocenters. The number of amides is 1. The highest BCUT2D eigenvalue weighted by molar-refractivity contribution is 5.78. The molecule has 4 heteroatoms. The second-order valence-electron chi connectivity index (χ2n) is 3.86. The van der Waals surface area contributed by atoms with Gasteiger partial charge >= 0.3 is 0 Å². The minimum Gasteiger partial charge on any atom is -0.355 e. The van der Waals surface area contributed by atoms with Crippen LogP contribution in [-0.2, 0) is 4.79 Å². The van der Waals surface area contributed by atoms with Gasteiger partial charge in [0.05, 0.1) is 12.5 Å². The average Bonchev–Trinajstić information content (AvgIpc) is 2.27. The van der Waals surface area contributed by atoms with Crippen LogP contribution in [0.4, 0.5) is 0 Å². The van der Waals surface area contributed by atoms with E-state index in [0.29, 0.717) is 19.6 Å². The molecule has 1 aliphatic rings. The molecule has 3 N–H and O–H groups in total. The molecule has 0 spiro atoms. The van der Waals surface area contributed by atoms with Crippen molar-refractivity contribution in [3.63, 3.8) is 0 Å². The largest absolute Gasteiger partial charge is 0.355 e. The lowest BCUT2D eigenvalue weighted by molar-refractivity contribution is -0.126. The van der Waals surface area contributed by atoms with Crippen molar-refractivity contribution in [2.45, 2.75) is 12.8 Å². The predicted octanol–water partition coefficient (Wildman–Crippen LogP) is -0.593. The van der Waals surface area contributed by atoms with E-state index in [1.54, 1.807) is 0 Å². The van der Waals surface area contributed by atoms with Crippen LogP contribution in [0.3, 0.4) is 0 Å². The van der Waals surface area contributed by atoms with E-state index in [9.17, 15) is 4.79 Å². The normalized spacial score (nSPS) is 22.0. The summed E-state index contributed by atoms with van der Waals surface area (Å²) < 4.78 is 0. The molecule has 1 fully saturated rings. The van der Waals surface area contributed by atoms with E-state index in [1.807, 2.05) is 0 Å². The van der Waals surface area contributed by atoms with Gasteiger partial charge in [0.2, 0.25) is 5.91 Å². The first kappa shape index (κ1) is 12.0. The van der Waals surface area contributed by atoms with E-state index in [1.165, 1.54) is 0 Å². The summed E-state index contributed by atoms with van der Waals surface area (Å²) in [5.41, 5.74) is 5.33. The number of nitrogens with two attached hydrogens (primary N) is 1. The third-order valence-electron chi connectivity index (χ3n) is 2.63. The minimum atomic E-state index is 0.0821. The summed E-state index contributed by atoms with van der Waals surface area (Å²) in [7, 11) is 0. The Morgan fingerprint density at radius 3 is 3.13 bits per heavy atom. The lowest BCUT2D eigenvalue weighted by atomic mass is 9.97. The molecule has 1 amide bonds. The van der Waals surface area contributed by atoms with Crippen molar-refractivity contribution in [1.29, 1.82) is 0 Å². The maximum absolute atomic E-state index is 11.7. The fourth-order valence-corrected chi connectivity index (χ4v) is 1.88. The molecule has 0 aromatic rings. The number of nitrogens with zero attached hydrogens (tertiary/aromatic N) is 1. The van der Waals surface area contributed by atoms with Crippen molar-refractivity contribution in [1.82, 2.24) is 10.2 Å². The topological polar surface area (TPSA) is 58.4 Å². The maximum atomic E-state index is 11.7. The van der Waals surface area contributed by atoms with E-state index < -0.39 is 0 Å². The van der Waals surface area contributed by atoms with E-state index >= 15 is 0 Å². The highest BCUT2D eigenvalue weighted by Gasteiger charge is 2.24. The van der Waals surface area contributed by atoms with Crippen LogP contribution in [0.15, 0.2) is 0 Å². The van der Waals surface area contributed by atoms with E-state index in [4.69, 9.17) is 12.2 Å². The van der Waals surface area contributed by atoms with Gasteiger partial charge in [0.25, 0.3) is 0 Å². The Morgan fingerprint density at radius 1 is 1.67 bits per heavy atom. The van der Waals surface area contributed by atoms with E-state index in [0.717, 1.165) is 25.9 Å². The summed E-state index contributed by atoms with van der Waals surface area (Å²) in [6.45, 7) is 3.48. The zero-order chi connectivity index (χ0) is 11.1. The first-order valence-corrected chi connectivity index (χ1v) is 5.41. The molecule has 15 heavy (non-hydrogen) atoms. The second kappa shape index (κ2) is 6.44. The van der Waals surface area contributed by atoms with Crippen LogP contribution < -0.4 is 11.1 Å². The zero-order valence-corrected chi connectivity index (χ0v) is 9.04. The fourth-order valence-electron chi connectivity index (χ4n) is 1.88. The van der Waals surface area contributed by atoms with Crippen molar-refractivity contribution >= 4 is 5.91 Å². The van der Waals surface area contributed by atoms with Gasteiger partial charge in [0.1, 0.15) is 0 Å². The molecule has 0 aliphatic carbocycles. The minimum absolute atomic E-state index is 0.0821. The van der Waals surface area contributed by atoms with Gasteiger partial charge in [-0.05, 0) is 19.4 Å². The molecule has 1 aliphatic heterocycles. The number of carbonyl (C=O) groups excluding carboxylic acids is 1. The molecular formula is C11H19N3O. The number of terminal acetylenes is 1. The number of hydrogen-bond acceptors (Lipinski definition) is 3. The third kappa shape index (κ3) is 3.90. The lowest BCUT2D eigenvalue weighted by Gasteiger charge is -2.30. The summed E-state index contributed by atoms with van der Waals surface area (Å²) in [6.07, 6.45) is 7.25. The first-order chi connectivity index (χ1) is 7.27. The van der Waals surface area contributed by atoms with Gasteiger partial charge in [0, 0.05) is 19.6 Å². The van der Waals surface area contributed by atoms with Gasteiger partial charge in [-0.15, -0.1) is 6.42 Å². The van der Waals surface area contributed by atoms with Crippen LogP contribution in [0, 0.1) is 18.3 Å². The Bertz CT molecular complexity index is 247. The van der Waals surface area contributed by atoms with Crippen molar-refractivity contribution in [2.24, 2.45) is 11.7 Å². The van der Waals surface area contributed by atoms with Crippen LogP contribution >= 0.6 is 0 Å². The van der Waals surface area contributed by atoms with Crippen LogP contribution in [0.1, 0.15) is 12.8 Å². The number of piperidine rings is 1. The van der Waals surface area contributed by atoms with Crippen LogP contribution in [0.25, 0.3) is 0 Å². The summed E-state index contributed by atoms with van der Waals surface area (Å²) in [4.78, 5) is 13.8. The standard InChI is InChI=1S/C11H19N3O/c1-2-7-14-8-3-4-10(9-14)11(15)13-6-5-12/h1,10H,3-9,12H2,(H,13,15). The fraction of sp³-hybridized carbons (Fsp3) is 0.727. The molecule has 1 heterocycles. The van der Waals surface area contributed by atoms with E-state index in [-0.39, 0.29) is 11.8 Å². The molecule has 0 aromatic carbocycles. The highest BCUT2D eigenvalue weighted by atomic mass is 16.1. The number of hydrogen-bond donors (Lipinski definition) is 2. The molecule has 0 bridgehead atoms. The molecule has 0 radical (unpaired) electrons. The lowest BCUT2D eigenvalue weighted by Crippen LogP contribution is -2.44. The summed E-state index contributed by atoms with van der Waals surface area (Å²) in [5, 5.41) is 2.82. The summed E-state index contributed by atoms with van der Waals surface area (Å²) in [5.74, 6) is 2.81. The molecule has 0 saturated carbocycles. The predicted molar refractivity (Wildman–Crippen MR) is 60.1 cm³/mol. The number of rotatable bonds is 4. The first-order valence-electron chi connectivity index (χ1n) is 5.41. The Morgan fingerprint density at radius 2 is 2.47 bits per heavy atom. The van der Waals surface area contributed by atoms with Crippen molar-refractivity contribution in [3.05, 3.63) is 0 Å². The van der Waals surface area contributed by atoms with Gasteiger partial charge in [0.15, 0.2) is 0 Å². The molecular weight excluding hydrogens is 190 g/mol. The van der Waals surface area contributed by atoms with Crippen LogP contribution in [-0.4, -0.2) is 43.5 Å².